The molecule has 0 fully saturated rings. The Bertz CT molecular complexity index is 990. The van der Waals surface area contributed by atoms with Crippen molar-refractivity contribution in [2.45, 2.75) is 13.8 Å². The van der Waals surface area contributed by atoms with Crippen LogP contribution in [0, 0.1) is 18.3 Å². The number of aryl methyl sites for hydroxylation is 1. The van der Waals surface area contributed by atoms with E-state index in [1.54, 1.807) is 19.1 Å². The summed E-state index contributed by atoms with van der Waals surface area (Å²) < 4.78 is 5.15. The monoisotopic (exact) mass is 331 g/mol. The highest BCUT2D eigenvalue weighted by molar-refractivity contribution is 6.07. The van der Waals surface area contributed by atoms with Crippen LogP contribution in [0.3, 0.4) is 0 Å². The Balaban J connectivity index is 2.22. The molecule has 0 spiro atoms. The van der Waals surface area contributed by atoms with Gasteiger partial charge in [0.25, 0.3) is 0 Å². The molecule has 2 aromatic carbocycles. The van der Waals surface area contributed by atoms with Crippen molar-refractivity contribution in [2.24, 2.45) is 0 Å². The fourth-order valence-corrected chi connectivity index (χ4v) is 2.68. The van der Waals surface area contributed by atoms with Crippen molar-refractivity contribution in [3.05, 3.63) is 65.4 Å². The zero-order valence-corrected chi connectivity index (χ0v) is 14.0. The number of carbonyl (C=O) groups excluding carboxylic acids is 1. The second kappa shape index (κ2) is 7.02. The van der Waals surface area contributed by atoms with E-state index in [1.807, 2.05) is 37.3 Å². The predicted octanol–water partition coefficient (Wildman–Crippen LogP) is 4.34. The third-order valence-electron chi connectivity index (χ3n) is 3.80. The van der Waals surface area contributed by atoms with E-state index in [0.717, 1.165) is 11.3 Å². The minimum atomic E-state index is -0.450. The summed E-state index contributed by atoms with van der Waals surface area (Å²) in [5.41, 5.74) is 3.88. The number of rotatable bonds is 4. The van der Waals surface area contributed by atoms with Crippen LogP contribution >= 0.6 is 0 Å². The van der Waals surface area contributed by atoms with Gasteiger partial charge in [0, 0.05) is 17.3 Å². The normalized spacial score (nSPS) is 10.3. The molecule has 0 aliphatic rings. The highest BCUT2D eigenvalue weighted by Crippen LogP contribution is 2.31. The molecular weight excluding hydrogens is 314 g/mol. The van der Waals surface area contributed by atoms with E-state index >= 15 is 0 Å². The van der Waals surface area contributed by atoms with E-state index in [1.165, 1.54) is 6.20 Å². The molecular formula is C20H17N3O2. The molecule has 3 rings (SSSR count). The van der Waals surface area contributed by atoms with Crippen molar-refractivity contribution in [2.75, 3.05) is 11.9 Å². The standard InChI is InChI=1S/C20H17N3O2/c1-3-25-20(24)17-12-22-18-14(11-21)7-5-9-16(18)19(17)23-15-8-4-6-13(2)10-15/h4-10,12H,3H2,1-2H3,(H,22,23). The lowest BCUT2D eigenvalue weighted by atomic mass is 10.1. The quantitative estimate of drug-likeness (QED) is 0.720. The van der Waals surface area contributed by atoms with E-state index in [0.29, 0.717) is 27.7 Å². The summed E-state index contributed by atoms with van der Waals surface area (Å²) in [5.74, 6) is -0.450. The third-order valence-corrected chi connectivity index (χ3v) is 3.80. The number of carbonyl (C=O) groups is 1. The number of nitrogens with one attached hydrogen (secondary N) is 1. The molecule has 25 heavy (non-hydrogen) atoms. The number of fused-ring (bicyclic) bond motifs is 1. The average molecular weight is 331 g/mol. The van der Waals surface area contributed by atoms with Crippen LogP contribution in [0.15, 0.2) is 48.7 Å². The van der Waals surface area contributed by atoms with Gasteiger partial charge in [-0.3, -0.25) is 4.98 Å². The molecule has 3 aromatic rings. The number of anilines is 2. The van der Waals surface area contributed by atoms with Crippen molar-refractivity contribution in [3.63, 3.8) is 0 Å². The van der Waals surface area contributed by atoms with Gasteiger partial charge in [-0.2, -0.15) is 5.26 Å². The first kappa shape index (κ1) is 16.5. The zero-order valence-electron chi connectivity index (χ0n) is 14.0. The van der Waals surface area contributed by atoms with Crippen LogP contribution in [0.4, 0.5) is 11.4 Å². The number of hydrogen-bond donors (Lipinski definition) is 1. The lowest BCUT2D eigenvalue weighted by molar-refractivity contribution is 0.0527. The van der Waals surface area contributed by atoms with Crippen LogP contribution in [-0.2, 0) is 4.74 Å². The largest absolute Gasteiger partial charge is 0.462 e. The topological polar surface area (TPSA) is 75.0 Å². The fraction of sp³-hybridized carbons (Fsp3) is 0.150. The molecule has 0 aliphatic carbocycles. The van der Waals surface area contributed by atoms with E-state index < -0.39 is 5.97 Å². The predicted molar refractivity (Wildman–Crippen MR) is 96.9 cm³/mol. The number of para-hydroxylation sites is 1. The number of hydrogen-bond acceptors (Lipinski definition) is 5. The molecule has 0 amide bonds. The van der Waals surface area contributed by atoms with Crippen molar-refractivity contribution >= 4 is 28.2 Å². The summed E-state index contributed by atoms with van der Waals surface area (Å²) in [4.78, 5) is 16.7. The molecule has 0 aliphatic heterocycles. The van der Waals surface area contributed by atoms with Gasteiger partial charge in [-0.15, -0.1) is 0 Å². The van der Waals surface area contributed by atoms with Gasteiger partial charge in [-0.05, 0) is 37.6 Å². The molecule has 5 nitrogen and oxygen atoms in total. The van der Waals surface area contributed by atoms with Gasteiger partial charge in [-0.25, -0.2) is 4.79 Å². The second-order valence-corrected chi connectivity index (χ2v) is 5.58. The van der Waals surface area contributed by atoms with Gasteiger partial charge in [0.15, 0.2) is 0 Å². The number of aromatic nitrogens is 1. The first-order valence-corrected chi connectivity index (χ1v) is 7.96. The maximum absolute atomic E-state index is 12.4. The Morgan fingerprint density at radius 3 is 2.80 bits per heavy atom. The fourth-order valence-electron chi connectivity index (χ4n) is 2.68. The lowest BCUT2D eigenvalue weighted by Crippen LogP contribution is -2.09. The Labute approximate surface area is 145 Å². The summed E-state index contributed by atoms with van der Waals surface area (Å²) >= 11 is 0. The minimum Gasteiger partial charge on any atom is -0.462 e. The smallest absolute Gasteiger partial charge is 0.341 e. The molecule has 0 radical (unpaired) electrons. The molecule has 0 saturated carbocycles. The summed E-state index contributed by atoms with van der Waals surface area (Å²) in [7, 11) is 0. The van der Waals surface area contributed by atoms with Crippen LogP contribution in [0.5, 0.6) is 0 Å². The van der Waals surface area contributed by atoms with Crippen LogP contribution < -0.4 is 5.32 Å². The molecule has 0 saturated heterocycles. The molecule has 5 heteroatoms. The average Bonchev–Trinajstić information content (AvgIpc) is 2.61. The Kier molecular flexibility index (Phi) is 4.62. The van der Waals surface area contributed by atoms with Gasteiger partial charge in [0.1, 0.15) is 11.6 Å². The third kappa shape index (κ3) is 3.29. The second-order valence-electron chi connectivity index (χ2n) is 5.58. The highest BCUT2D eigenvalue weighted by Gasteiger charge is 2.18. The van der Waals surface area contributed by atoms with Gasteiger partial charge >= 0.3 is 5.97 Å². The Morgan fingerprint density at radius 1 is 1.28 bits per heavy atom. The highest BCUT2D eigenvalue weighted by atomic mass is 16.5. The lowest BCUT2D eigenvalue weighted by Gasteiger charge is -2.15. The molecule has 124 valence electrons. The summed E-state index contributed by atoms with van der Waals surface area (Å²) in [6.45, 7) is 4.03. The number of esters is 1. The van der Waals surface area contributed by atoms with Gasteiger partial charge in [0.05, 0.1) is 23.4 Å². The van der Waals surface area contributed by atoms with E-state index in [9.17, 15) is 10.1 Å². The van der Waals surface area contributed by atoms with Crippen LogP contribution in [-0.4, -0.2) is 17.6 Å². The van der Waals surface area contributed by atoms with Crippen LogP contribution in [0.25, 0.3) is 10.9 Å². The van der Waals surface area contributed by atoms with Gasteiger partial charge in [0.2, 0.25) is 0 Å². The van der Waals surface area contributed by atoms with Gasteiger partial charge < -0.3 is 10.1 Å². The summed E-state index contributed by atoms with van der Waals surface area (Å²) in [6.07, 6.45) is 1.46. The molecule has 0 unspecified atom stereocenters. The van der Waals surface area contributed by atoms with Crippen molar-refractivity contribution in [3.8, 4) is 6.07 Å². The molecule has 0 bridgehead atoms. The maximum Gasteiger partial charge on any atom is 0.341 e. The summed E-state index contributed by atoms with van der Waals surface area (Å²) in [6, 6.07) is 15.3. The number of ether oxygens (including phenoxy) is 1. The van der Waals surface area contributed by atoms with E-state index in [4.69, 9.17) is 4.74 Å². The van der Waals surface area contributed by atoms with Crippen molar-refractivity contribution in [1.29, 1.82) is 5.26 Å². The number of nitrogens with zero attached hydrogens (tertiary/aromatic N) is 2. The molecule has 1 N–H and O–H groups in total. The van der Waals surface area contributed by atoms with E-state index in [-0.39, 0.29) is 6.61 Å². The first-order valence-electron chi connectivity index (χ1n) is 7.96. The SMILES string of the molecule is CCOC(=O)c1cnc2c(C#N)cccc2c1Nc1cccc(C)c1. The number of pyridine rings is 1. The van der Waals surface area contributed by atoms with Crippen LogP contribution in [0.1, 0.15) is 28.4 Å². The van der Waals surface area contributed by atoms with Crippen LogP contribution in [0.2, 0.25) is 0 Å². The Hall–Kier alpha value is -3.39. The summed E-state index contributed by atoms with van der Waals surface area (Å²) in [5, 5.41) is 13.3. The molecule has 1 heterocycles. The van der Waals surface area contributed by atoms with Crippen molar-refractivity contribution in [1.82, 2.24) is 4.98 Å². The molecule has 0 atom stereocenters. The molecule has 1 aromatic heterocycles. The number of benzene rings is 2. The zero-order chi connectivity index (χ0) is 17.8. The number of nitriles is 1. The van der Waals surface area contributed by atoms with Gasteiger partial charge in [-0.1, -0.05) is 24.3 Å². The van der Waals surface area contributed by atoms with Crippen molar-refractivity contribution < 1.29 is 9.53 Å². The Morgan fingerprint density at radius 2 is 2.08 bits per heavy atom. The minimum absolute atomic E-state index is 0.277. The van der Waals surface area contributed by atoms with E-state index in [2.05, 4.69) is 16.4 Å². The maximum atomic E-state index is 12.4. The first-order chi connectivity index (χ1) is 12.1.